The SMILES string of the molecule is CC12C=NN(c3ccc(F)cc3)C1C=C1CC[C@H](CCN(CC(O)C(F)F)S(=O)(=O)Cc3cccnc3)[C@@]1(C)C2. The van der Waals surface area contributed by atoms with Crippen molar-refractivity contribution in [1.82, 2.24) is 9.29 Å². The molecule has 0 amide bonds. The van der Waals surface area contributed by atoms with Crippen molar-refractivity contribution >= 4 is 21.9 Å². The molecule has 3 aliphatic rings. The summed E-state index contributed by atoms with van der Waals surface area (Å²) in [6.45, 7) is 3.73. The van der Waals surface area contributed by atoms with Crippen LogP contribution in [0.15, 0.2) is 65.5 Å². The fraction of sp³-hybridized carbons (Fsp3) is 0.517. The number of sulfonamides is 1. The highest BCUT2D eigenvalue weighted by atomic mass is 32.2. The minimum absolute atomic E-state index is 0.0164. The number of pyridine rings is 1. The molecule has 11 heteroatoms. The lowest BCUT2D eigenvalue weighted by Gasteiger charge is -2.46. The molecule has 0 bridgehead atoms. The van der Waals surface area contributed by atoms with Crippen LogP contribution in [0.25, 0.3) is 0 Å². The second-order valence-electron chi connectivity index (χ2n) is 11.7. The Morgan fingerprint density at radius 2 is 1.95 bits per heavy atom. The molecular weight excluding hydrogens is 541 g/mol. The van der Waals surface area contributed by atoms with Gasteiger partial charge in [-0.1, -0.05) is 31.6 Å². The molecule has 1 aromatic carbocycles. The number of benzene rings is 1. The molecule has 2 aliphatic carbocycles. The lowest BCUT2D eigenvalue weighted by atomic mass is 9.60. The number of allylic oxidation sites excluding steroid dienone is 1. The Bertz CT molecular complexity index is 1370. The van der Waals surface area contributed by atoms with Gasteiger partial charge in [-0.25, -0.2) is 21.6 Å². The van der Waals surface area contributed by atoms with E-state index in [-0.39, 0.29) is 40.9 Å². The highest BCUT2D eigenvalue weighted by Gasteiger charge is 2.54. The van der Waals surface area contributed by atoms with E-state index in [9.17, 15) is 26.7 Å². The Balaban J connectivity index is 1.34. The van der Waals surface area contributed by atoms with Crippen molar-refractivity contribution in [3.63, 3.8) is 0 Å². The van der Waals surface area contributed by atoms with Crippen LogP contribution >= 0.6 is 0 Å². The predicted molar refractivity (Wildman–Crippen MR) is 148 cm³/mol. The Labute approximate surface area is 233 Å². The zero-order valence-electron chi connectivity index (χ0n) is 22.6. The van der Waals surface area contributed by atoms with E-state index in [0.717, 1.165) is 29.3 Å². The standard InChI is InChI=1S/C29H35F3N4O3S/c1-28-18-29(2)21(5-6-22(29)14-26(28)36(34-19-28)24-9-7-23(30)8-10-24)11-13-35(16-25(37)27(31)32)40(38,39)17-20-4-3-12-33-15-20/h3-4,7-10,12,14-15,19,21,25-27,37H,5-6,11,13,16-18H2,1-2H3/t21-,25?,26?,28?,29-/m1/s1. The molecule has 40 heavy (non-hydrogen) atoms. The van der Waals surface area contributed by atoms with Crippen LogP contribution in [0, 0.1) is 22.6 Å². The highest BCUT2D eigenvalue weighted by Crippen LogP contribution is 2.59. The Morgan fingerprint density at radius 3 is 2.62 bits per heavy atom. The molecule has 0 saturated heterocycles. The maximum atomic E-state index is 13.5. The molecule has 5 atom stereocenters. The van der Waals surface area contributed by atoms with Gasteiger partial charge in [0.1, 0.15) is 11.9 Å². The van der Waals surface area contributed by atoms with Crippen molar-refractivity contribution < 1.29 is 26.7 Å². The number of hydrogen-bond acceptors (Lipinski definition) is 6. The van der Waals surface area contributed by atoms with Crippen LogP contribution in [0.3, 0.4) is 0 Å². The Morgan fingerprint density at radius 1 is 1.20 bits per heavy atom. The van der Waals surface area contributed by atoms with Crippen molar-refractivity contribution in [3.05, 3.63) is 71.8 Å². The van der Waals surface area contributed by atoms with Crippen LogP contribution in [0.2, 0.25) is 0 Å². The minimum atomic E-state index is -3.98. The molecule has 2 heterocycles. The zero-order valence-corrected chi connectivity index (χ0v) is 23.4. The summed E-state index contributed by atoms with van der Waals surface area (Å²) in [5.41, 5.74) is 2.06. The molecule has 1 aromatic heterocycles. The number of hydrogen-bond donors (Lipinski definition) is 1. The van der Waals surface area contributed by atoms with Crippen molar-refractivity contribution in [2.45, 2.75) is 63.9 Å². The Hall–Kier alpha value is -2.76. The van der Waals surface area contributed by atoms with Gasteiger partial charge < -0.3 is 5.11 Å². The third kappa shape index (κ3) is 5.56. The van der Waals surface area contributed by atoms with Crippen LogP contribution in [-0.4, -0.2) is 60.7 Å². The summed E-state index contributed by atoms with van der Waals surface area (Å²) >= 11 is 0. The molecule has 5 rings (SSSR count). The van der Waals surface area contributed by atoms with E-state index < -0.39 is 29.1 Å². The van der Waals surface area contributed by atoms with Crippen molar-refractivity contribution in [2.75, 3.05) is 18.1 Å². The van der Waals surface area contributed by atoms with Gasteiger partial charge in [0, 0.05) is 37.1 Å². The summed E-state index contributed by atoms with van der Waals surface area (Å²) in [7, 11) is -3.98. The van der Waals surface area contributed by atoms with Crippen LogP contribution in [-0.2, 0) is 15.8 Å². The Kier molecular flexibility index (Phi) is 7.84. The number of anilines is 1. The largest absolute Gasteiger partial charge is 0.386 e. The number of aliphatic hydroxyl groups excluding tert-OH is 1. The number of aromatic nitrogens is 1. The van der Waals surface area contributed by atoms with Gasteiger partial charge in [-0.15, -0.1) is 0 Å². The topological polar surface area (TPSA) is 86.1 Å². The average Bonchev–Trinajstić information content (AvgIpc) is 3.39. The van der Waals surface area contributed by atoms with Gasteiger partial charge in [-0.2, -0.15) is 9.41 Å². The summed E-state index contributed by atoms with van der Waals surface area (Å²) in [4.78, 5) is 3.95. The summed E-state index contributed by atoms with van der Waals surface area (Å²) in [6.07, 6.45) is 5.06. The number of halogens is 3. The van der Waals surface area contributed by atoms with Crippen LogP contribution in [0.4, 0.5) is 18.9 Å². The van der Waals surface area contributed by atoms with Gasteiger partial charge in [0.15, 0.2) is 0 Å². The van der Waals surface area contributed by atoms with Crippen molar-refractivity contribution in [3.8, 4) is 0 Å². The molecule has 216 valence electrons. The van der Waals surface area contributed by atoms with E-state index in [4.69, 9.17) is 0 Å². The van der Waals surface area contributed by atoms with Crippen LogP contribution < -0.4 is 5.01 Å². The molecule has 1 N–H and O–H groups in total. The fourth-order valence-corrected chi connectivity index (χ4v) is 8.28. The molecule has 1 fully saturated rings. The maximum absolute atomic E-state index is 13.5. The molecular formula is C29H35F3N4O3S. The van der Waals surface area contributed by atoms with Gasteiger partial charge in [0.2, 0.25) is 10.0 Å². The van der Waals surface area contributed by atoms with Crippen molar-refractivity contribution in [1.29, 1.82) is 0 Å². The first kappa shape index (κ1) is 28.8. The van der Waals surface area contributed by atoms with Gasteiger partial charge in [-0.05, 0) is 72.9 Å². The predicted octanol–water partition coefficient (Wildman–Crippen LogP) is 5.00. The average molecular weight is 577 g/mol. The highest BCUT2D eigenvalue weighted by molar-refractivity contribution is 7.88. The zero-order chi connectivity index (χ0) is 28.7. The van der Waals surface area contributed by atoms with Crippen LogP contribution in [0.5, 0.6) is 0 Å². The molecule has 2 aromatic rings. The van der Waals surface area contributed by atoms with E-state index in [1.54, 1.807) is 24.3 Å². The lowest BCUT2D eigenvalue weighted by Crippen LogP contribution is -2.47. The number of hydrazone groups is 1. The van der Waals surface area contributed by atoms with Gasteiger partial charge in [0.05, 0.1) is 17.5 Å². The molecule has 1 aliphatic heterocycles. The quantitative estimate of drug-likeness (QED) is 0.403. The fourth-order valence-electron chi connectivity index (χ4n) is 6.74. The third-order valence-corrected chi connectivity index (χ3v) is 10.7. The summed E-state index contributed by atoms with van der Waals surface area (Å²) in [5, 5.41) is 16.5. The molecule has 3 unspecified atom stereocenters. The second kappa shape index (κ2) is 10.9. The van der Waals surface area contributed by atoms with E-state index in [0.29, 0.717) is 12.0 Å². The monoisotopic (exact) mass is 576 g/mol. The van der Waals surface area contributed by atoms with E-state index in [2.05, 4.69) is 30.0 Å². The van der Waals surface area contributed by atoms with E-state index in [1.165, 1.54) is 30.1 Å². The maximum Gasteiger partial charge on any atom is 0.265 e. The van der Waals surface area contributed by atoms with E-state index in [1.807, 2.05) is 11.2 Å². The second-order valence-corrected chi connectivity index (χ2v) is 13.7. The molecule has 7 nitrogen and oxygen atoms in total. The number of alkyl halides is 2. The van der Waals surface area contributed by atoms with E-state index >= 15 is 0 Å². The summed E-state index contributed by atoms with van der Waals surface area (Å²) < 4.78 is 67.6. The number of rotatable bonds is 10. The number of fused-ring (bicyclic) bond motifs is 2. The first-order chi connectivity index (χ1) is 18.9. The third-order valence-electron chi connectivity index (χ3n) is 8.89. The number of nitrogens with zero attached hydrogens (tertiary/aromatic N) is 4. The van der Waals surface area contributed by atoms with Gasteiger partial charge in [-0.3, -0.25) is 9.99 Å². The summed E-state index contributed by atoms with van der Waals surface area (Å²) in [5.74, 6) is -0.552. The number of aliphatic hydroxyl groups is 1. The molecule has 0 spiro atoms. The van der Waals surface area contributed by atoms with Crippen LogP contribution in [0.1, 0.15) is 45.1 Å². The van der Waals surface area contributed by atoms with Gasteiger partial charge in [0.25, 0.3) is 6.43 Å². The minimum Gasteiger partial charge on any atom is -0.386 e. The van der Waals surface area contributed by atoms with Gasteiger partial charge >= 0.3 is 0 Å². The van der Waals surface area contributed by atoms with Crippen molar-refractivity contribution in [2.24, 2.45) is 21.8 Å². The normalized spacial score (nSPS) is 28.6. The first-order valence-electron chi connectivity index (χ1n) is 13.6. The smallest absolute Gasteiger partial charge is 0.265 e. The first-order valence-corrected chi connectivity index (χ1v) is 15.2. The lowest BCUT2D eigenvalue weighted by molar-refractivity contribution is -0.0135. The molecule has 0 radical (unpaired) electrons. The summed E-state index contributed by atoms with van der Waals surface area (Å²) in [6, 6.07) is 9.51. The molecule has 1 saturated carbocycles.